The summed E-state index contributed by atoms with van der Waals surface area (Å²) in [5, 5.41) is 3.37. The number of nitrogens with zero attached hydrogens (tertiary/aromatic N) is 1. The van der Waals surface area contributed by atoms with Crippen LogP contribution in [0.25, 0.3) is 10.9 Å². The van der Waals surface area contributed by atoms with Crippen molar-refractivity contribution in [3.63, 3.8) is 0 Å². The number of H-pyrrole nitrogens is 2. The van der Waals surface area contributed by atoms with Crippen molar-refractivity contribution in [1.82, 2.24) is 19.6 Å². The highest BCUT2D eigenvalue weighted by Crippen LogP contribution is 2.23. The van der Waals surface area contributed by atoms with Gasteiger partial charge in [-0.3, -0.25) is 9.78 Å². The Hall–Kier alpha value is -1.97. The molecule has 0 saturated carbocycles. The largest absolute Gasteiger partial charge is 0.326 e. The van der Waals surface area contributed by atoms with E-state index in [1.54, 1.807) is 0 Å². The summed E-state index contributed by atoms with van der Waals surface area (Å²) in [5.74, 6) is 0. The van der Waals surface area contributed by atoms with Gasteiger partial charge in [-0.2, -0.15) is 4.31 Å². The molecule has 2 aromatic rings. The first-order chi connectivity index (χ1) is 10.8. The van der Waals surface area contributed by atoms with Crippen LogP contribution in [0, 0.1) is 0 Å². The van der Waals surface area contributed by atoms with E-state index < -0.39 is 21.3 Å². The minimum atomic E-state index is -3.71. The van der Waals surface area contributed by atoms with E-state index in [2.05, 4.69) is 15.3 Å². The molecule has 0 aliphatic carbocycles. The van der Waals surface area contributed by atoms with Crippen molar-refractivity contribution in [2.24, 2.45) is 0 Å². The van der Waals surface area contributed by atoms with Gasteiger partial charge < -0.3 is 10.3 Å². The third-order valence-electron chi connectivity index (χ3n) is 4.29. The molecule has 2 unspecified atom stereocenters. The summed E-state index contributed by atoms with van der Waals surface area (Å²) in [7, 11) is -3.71. The lowest BCUT2D eigenvalue weighted by Gasteiger charge is -2.37. The van der Waals surface area contributed by atoms with Crippen LogP contribution in [-0.2, 0) is 10.0 Å². The van der Waals surface area contributed by atoms with Crippen molar-refractivity contribution in [3.8, 4) is 0 Å². The van der Waals surface area contributed by atoms with Gasteiger partial charge in [0.1, 0.15) is 0 Å². The van der Waals surface area contributed by atoms with Gasteiger partial charge in [-0.1, -0.05) is 0 Å². The normalized spacial score (nSPS) is 23.2. The number of hydrogen-bond donors (Lipinski definition) is 3. The number of nitrogens with one attached hydrogen (secondary N) is 3. The van der Waals surface area contributed by atoms with Gasteiger partial charge in [0, 0.05) is 25.2 Å². The van der Waals surface area contributed by atoms with Gasteiger partial charge in [-0.25, -0.2) is 13.2 Å². The zero-order chi connectivity index (χ0) is 16.8. The Morgan fingerprint density at radius 2 is 1.91 bits per heavy atom. The van der Waals surface area contributed by atoms with E-state index in [0.717, 1.165) is 0 Å². The van der Waals surface area contributed by atoms with Gasteiger partial charge in [0.25, 0.3) is 5.56 Å². The van der Waals surface area contributed by atoms with E-state index in [9.17, 15) is 18.0 Å². The van der Waals surface area contributed by atoms with Crippen molar-refractivity contribution in [2.45, 2.75) is 30.8 Å². The van der Waals surface area contributed by atoms with Gasteiger partial charge in [0.15, 0.2) is 0 Å². The number of aromatic nitrogens is 2. The zero-order valence-corrected chi connectivity index (χ0v) is 13.6. The van der Waals surface area contributed by atoms with Crippen LogP contribution >= 0.6 is 0 Å². The summed E-state index contributed by atoms with van der Waals surface area (Å²) in [5.41, 5.74) is -0.926. The molecule has 1 aliphatic heterocycles. The number of fused-ring (bicyclic) bond motifs is 1. The van der Waals surface area contributed by atoms with Crippen LogP contribution in [0.4, 0.5) is 0 Å². The maximum Gasteiger partial charge on any atom is 0.326 e. The molecule has 2 atom stereocenters. The van der Waals surface area contributed by atoms with Crippen LogP contribution in [0.3, 0.4) is 0 Å². The van der Waals surface area contributed by atoms with Crippen molar-refractivity contribution >= 4 is 20.9 Å². The first kappa shape index (κ1) is 15.9. The Labute approximate surface area is 132 Å². The molecule has 8 nitrogen and oxygen atoms in total. The van der Waals surface area contributed by atoms with Crippen molar-refractivity contribution in [1.29, 1.82) is 0 Å². The number of hydrogen-bond acceptors (Lipinski definition) is 5. The molecule has 0 spiro atoms. The fraction of sp³-hybridized carbons (Fsp3) is 0.429. The number of rotatable bonds is 2. The molecule has 1 aromatic heterocycles. The van der Waals surface area contributed by atoms with Crippen LogP contribution in [0.15, 0.2) is 32.7 Å². The van der Waals surface area contributed by atoms with E-state index in [1.165, 1.54) is 22.5 Å². The molecule has 1 aliphatic rings. The molecule has 1 aromatic carbocycles. The number of benzene rings is 1. The van der Waals surface area contributed by atoms with E-state index >= 15 is 0 Å². The molecule has 2 heterocycles. The third kappa shape index (κ3) is 2.71. The predicted octanol–water partition coefficient (Wildman–Crippen LogP) is -0.413. The monoisotopic (exact) mass is 338 g/mol. The smallest absolute Gasteiger partial charge is 0.311 e. The second kappa shape index (κ2) is 5.59. The molecule has 124 valence electrons. The number of sulfonamides is 1. The molecule has 1 fully saturated rings. The quantitative estimate of drug-likeness (QED) is 0.688. The third-order valence-corrected chi connectivity index (χ3v) is 6.28. The second-order valence-corrected chi connectivity index (χ2v) is 7.61. The van der Waals surface area contributed by atoms with E-state index in [4.69, 9.17) is 0 Å². The highest BCUT2D eigenvalue weighted by molar-refractivity contribution is 7.89. The van der Waals surface area contributed by atoms with E-state index in [1.807, 2.05) is 13.8 Å². The lowest BCUT2D eigenvalue weighted by Crippen LogP contribution is -2.57. The Balaban J connectivity index is 2.12. The first-order valence-corrected chi connectivity index (χ1v) is 8.76. The fourth-order valence-corrected chi connectivity index (χ4v) is 4.53. The molecule has 0 amide bonds. The Morgan fingerprint density at radius 3 is 2.65 bits per heavy atom. The molecular weight excluding hydrogens is 320 g/mol. The first-order valence-electron chi connectivity index (χ1n) is 7.32. The molecule has 0 radical (unpaired) electrons. The van der Waals surface area contributed by atoms with Crippen LogP contribution < -0.4 is 16.6 Å². The van der Waals surface area contributed by atoms with Crippen molar-refractivity contribution in [3.05, 3.63) is 39.0 Å². The lowest BCUT2D eigenvalue weighted by molar-refractivity contribution is 0.233. The van der Waals surface area contributed by atoms with Crippen molar-refractivity contribution < 1.29 is 8.42 Å². The van der Waals surface area contributed by atoms with Gasteiger partial charge >= 0.3 is 5.69 Å². The Bertz CT molecular complexity index is 963. The molecule has 3 N–H and O–H groups in total. The van der Waals surface area contributed by atoms with E-state index in [-0.39, 0.29) is 22.4 Å². The van der Waals surface area contributed by atoms with Crippen molar-refractivity contribution in [2.75, 3.05) is 13.1 Å². The number of piperazine rings is 1. The highest BCUT2D eigenvalue weighted by Gasteiger charge is 2.34. The van der Waals surface area contributed by atoms with Gasteiger partial charge in [0.05, 0.1) is 15.8 Å². The van der Waals surface area contributed by atoms with Crippen LogP contribution in [0.5, 0.6) is 0 Å². The Kier molecular flexibility index (Phi) is 3.86. The topological polar surface area (TPSA) is 115 Å². The average molecular weight is 338 g/mol. The fourth-order valence-electron chi connectivity index (χ4n) is 2.81. The highest BCUT2D eigenvalue weighted by atomic mass is 32.2. The van der Waals surface area contributed by atoms with Gasteiger partial charge in [-0.05, 0) is 32.0 Å². The maximum atomic E-state index is 12.9. The summed E-state index contributed by atoms with van der Waals surface area (Å²) < 4.78 is 27.2. The molecule has 1 saturated heterocycles. The molecule has 3 rings (SSSR count). The lowest BCUT2D eigenvalue weighted by atomic mass is 10.1. The van der Waals surface area contributed by atoms with E-state index in [0.29, 0.717) is 18.6 Å². The summed E-state index contributed by atoms with van der Waals surface area (Å²) in [6.45, 7) is 4.72. The predicted molar refractivity (Wildman–Crippen MR) is 86.0 cm³/mol. The molecule has 23 heavy (non-hydrogen) atoms. The Morgan fingerprint density at radius 1 is 1.17 bits per heavy atom. The van der Waals surface area contributed by atoms with Crippen LogP contribution in [0.2, 0.25) is 0 Å². The summed E-state index contributed by atoms with van der Waals surface area (Å²) in [6, 6.07) is 4.00. The molecular formula is C14H18N4O4S. The summed E-state index contributed by atoms with van der Waals surface area (Å²) in [4.78, 5) is 27.8. The SMILES string of the molecule is CC1NCCN(S(=O)(=O)c2ccc3[nH]c(=O)[nH]c(=O)c3c2)C1C. The van der Waals surface area contributed by atoms with Crippen LogP contribution in [0.1, 0.15) is 13.8 Å². The average Bonchev–Trinajstić information content (AvgIpc) is 2.49. The summed E-state index contributed by atoms with van der Waals surface area (Å²) in [6.07, 6.45) is 0. The second-order valence-electron chi connectivity index (χ2n) is 5.71. The molecule has 0 bridgehead atoms. The van der Waals surface area contributed by atoms with Crippen LogP contribution in [-0.4, -0.2) is 47.9 Å². The zero-order valence-electron chi connectivity index (χ0n) is 12.8. The standard InChI is InChI=1S/C14H18N4O4S/c1-8-9(2)18(6-5-15-8)23(21,22)10-3-4-12-11(7-10)13(19)17-14(20)16-12/h3-4,7-9,15H,5-6H2,1-2H3,(H2,16,17,19,20). The minimum Gasteiger partial charge on any atom is -0.311 e. The van der Waals surface area contributed by atoms with Gasteiger partial charge in [0.2, 0.25) is 10.0 Å². The summed E-state index contributed by atoms with van der Waals surface area (Å²) >= 11 is 0. The minimum absolute atomic E-state index is 0.0405. The molecule has 9 heteroatoms. The van der Waals surface area contributed by atoms with Gasteiger partial charge in [-0.15, -0.1) is 0 Å². The number of aromatic amines is 2. The maximum absolute atomic E-state index is 12.9.